The number of hydrogen-bond donors (Lipinski definition) is 2. The summed E-state index contributed by atoms with van der Waals surface area (Å²) in [5.41, 5.74) is -0.375. The van der Waals surface area contributed by atoms with Crippen molar-refractivity contribution in [3.63, 3.8) is 0 Å². The van der Waals surface area contributed by atoms with Gasteiger partial charge in [0, 0.05) is 13.1 Å². The van der Waals surface area contributed by atoms with Crippen molar-refractivity contribution in [2.45, 2.75) is 33.2 Å². The molecule has 2 atom stereocenters. The molecule has 2 N–H and O–H groups in total. The van der Waals surface area contributed by atoms with Crippen LogP contribution in [0.15, 0.2) is 24.3 Å². The second-order valence-electron chi connectivity index (χ2n) is 9.09. The van der Waals surface area contributed by atoms with Crippen LogP contribution >= 0.6 is 0 Å². The Labute approximate surface area is 197 Å². The molecule has 3 rings (SSSR count). The third-order valence-corrected chi connectivity index (χ3v) is 6.97. The van der Waals surface area contributed by atoms with Crippen molar-refractivity contribution in [1.82, 2.24) is 14.1 Å². The van der Waals surface area contributed by atoms with Gasteiger partial charge in [0.25, 0.3) is 5.91 Å². The minimum absolute atomic E-state index is 0.0211. The quantitative estimate of drug-likeness (QED) is 0.566. The molecule has 2 heterocycles. The summed E-state index contributed by atoms with van der Waals surface area (Å²) in [5, 5.41) is 17.2. The lowest BCUT2D eigenvalue weighted by Gasteiger charge is -2.21. The van der Waals surface area contributed by atoms with Crippen LogP contribution in [0.3, 0.4) is 0 Å². The van der Waals surface area contributed by atoms with Gasteiger partial charge in [0.2, 0.25) is 15.9 Å². The summed E-state index contributed by atoms with van der Waals surface area (Å²) in [5.74, 6) is -2.72. The number of halogens is 1. The topological polar surface area (TPSA) is 131 Å². The van der Waals surface area contributed by atoms with Crippen molar-refractivity contribution in [3.8, 4) is 5.75 Å². The monoisotopic (exact) mass is 496 g/mol. The van der Waals surface area contributed by atoms with Crippen LogP contribution in [0, 0.1) is 17.2 Å². The zero-order chi connectivity index (χ0) is 25.4. The number of ether oxygens (including phenoxy) is 1. The number of anilines is 1. The van der Waals surface area contributed by atoms with Crippen molar-refractivity contribution < 1.29 is 32.2 Å². The molecule has 0 saturated carbocycles. The third kappa shape index (κ3) is 4.78. The van der Waals surface area contributed by atoms with Crippen molar-refractivity contribution in [3.05, 3.63) is 41.3 Å². The molecule has 186 valence electrons. The second-order valence-corrected chi connectivity index (χ2v) is 11.0. The summed E-state index contributed by atoms with van der Waals surface area (Å²) in [4.78, 5) is 26.3. The largest absolute Gasteiger partial charge is 0.491 e. The molecule has 1 aromatic heterocycles. The Morgan fingerprint density at radius 2 is 1.94 bits per heavy atom. The van der Waals surface area contributed by atoms with E-state index in [9.17, 15) is 27.5 Å². The van der Waals surface area contributed by atoms with Gasteiger partial charge in [-0.3, -0.25) is 9.59 Å². The fourth-order valence-corrected chi connectivity index (χ4v) is 4.76. The Hall–Kier alpha value is -2.99. The maximum Gasteiger partial charge on any atom is 0.256 e. The first-order valence-corrected chi connectivity index (χ1v) is 12.5. The Morgan fingerprint density at radius 1 is 1.32 bits per heavy atom. The number of aliphatic hydroxyl groups excluding tert-OH is 1. The van der Waals surface area contributed by atoms with E-state index in [1.807, 2.05) is 0 Å². The first-order valence-electron chi connectivity index (χ1n) is 10.6. The summed E-state index contributed by atoms with van der Waals surface area (Å²) < 4.78 is 44.8. The van der Waals surface area contributed by atoms with Gasteiger partial charge < -0.3 is 15.2 Å². The summed E-state index contributed by atoms with van der Waals surface area (Å²) in [6.07, 6.45) is 0.957. The summed E-state index contributed by atoms with van der Waals surface area (Å²) >= 11 is 0. The number of sulfonamides is 1. The molecule has 1 aliphatic heterocycles. The van der Waals surface area contributed by atoms with Gasteiger partial charge in [0.15, 0.2) is 11.6 Å². The van der Waals surface area contributed by atoms with E-state index < -0.39 is 51.5 Å². The zero-order valence-electron chi connectivity index (χ0n) is 19.7. The van der Waals surface area contributed by atoms with Crippen LogP contribution in [-0.4, -0.2) is 65.9 Å². The molecular weight excluding hydrogens is 467 g/mol. The molecule has 1 aliphatic rings. The number of hydrogen-bond acceptors (Lipinski definition) is 8. The Morgan fingerprint density at radius 3 is 2.44 bits per heavy atom. The standard InChI is InChI=1S/C22H29FN4O6S/c1-13-11-26(34(5,31)32)20(29)16(13)17-18(33-4)19(24-10-14-6-8-15(23)9-7-14)27(25-17)21(30)22(2,3)12-28/h6-9,13,16,24,28H,10-12H2,1-5H3. The third-order valence-electron chi connectivity index (χ3n) is 5.84. The molecule has 0 aliphatic carbocycles. The molecule has 34 heavy (non-hydrogen) atoms. The van der Waals surface area contributed by atoms with Crippen LogP contribution in [0.25, 0.3) is 0 Å². The van der Waals surface area contributed by atoms with Crippen molar-refractivity contribution in [1.29, 1.82) is 0 Å². The number of benzene rings is 1. The Balaban J connectivity index is 2.10. The van der Waals surface area contributed by atoms with Crippen LogP contribution in [0.1, 0.15) is 42.7 Å². The fourth-order valence-electron chi connectivity index (χ4n) is 3.81. The van der Waals surface area contributed by atoms with E-state index in [2.05, 4.69) is 10.4 Å². The second kappa shape index (κ2) is 9.34. The number of rotatable bonds is 8. The van der Waals surface area contributed by atoms with Crippen molar-refractivity contribution in [2.75, 3.05) is 31.8 Å². The van der Waals surface area contributed by atoms with Crippen molar-refractivity contribution >= 4 is 27.7 Å². The average Bonchev–Trinajstić information content (AvgIpc) is 3.28. The summed E-state index contributed by atoms with van der Waals surface area (Å²) in [6.45, 7) is 4.51. The molecule has 2 aromatic rings. The van der Waals surface area contributed by atoms with E-state index >= 15 is 0 Å². The van der Waals surface area contributed by atoms with Crippen LogP contribution in [-0.2, 0) is 21.4 Å². The number of amides is 1. The van der Waals surface area contributed by atoms with Crippen LogP contribution in [0.2, 0.25) is 0 Å². The van der Waals surface area contributed by atoms with E-state index in [4.69, 9.17) is 4.74 Å². The molecule has 10 nitrogen and oxygen atoms in total. The van der Waals surface area contributed by atoms with Crippen LogP contribution in [0.5, 0.6) is 5.75 Å². The molecule has 0 bridgehead atoms. The van der Waals surface area contributed by atoms with Gasteiger partial charge >= 0.3 is 0 Å². The highest BCUT2D eigenvalue weighted by Gasteiger charge is 2.47. The minimum Gasteiger partial charge on any atom is -0.491 e. The molecule has 0 radical (unpaired) electrons. The maximum absolute atomic E-state index is 13.3. The number of carbonyl (C=O) groups is 2. The lowest BCUT2D eigenvalue weighted by Crippen LogP contribution is -2.34. The SMILES string of the molecule is COc1c(C2C(=O)N(S(C)(=O)=O)CC2C)nn(C(=O)C(C)(C)CO)c1NCc1ccc(F)cc1. The molecule has 1 amide bonds. The molecule has 0 spiro atoms. The predicted molar refractivity (Wildman–Crippen MR) is 122 cm³/mol. The zero-order valence-corrected chi connectivity index (χ0v) is 20.5. The molecule has 1 saturated heterocycles. The molecule has 1 aromatic carbocycles. The summed E-state index contributed by atoms with van der Waals surface area (Å²) in [6, 6.07) is 5.75. The molecule has 2 unspecified atom stereocenters. The smallest absolute Gasteiger partial charge is 0.256 e. The predicted octanol–water partition coefficient (Wildman–Crippen LogP) is 1.82. The highest BCUT2D eigenvalue weighted by molar-refractivity contribution is 7.88. The van der Waals surface area contributed by atoms with Crippen LogP contribution in [0.4, 0.5) is 10.2 Å². The number of aromatic nitrogens is 2. The van der Waals surface area contributed by atoms with Gasteiger partial charge in [-0.2, -0.15) is 9.78 Å². The molecule has 1 fully saturated rings. The van der Waals surface area contributed by atoms with E-state index in [0.717, 1.165) is 15.2 Å². The lowest BCUT2D eigenvalue weighted by atomic mass is 9.93. The first kappa shape index (κ1) is 25.6. The van der Waals surface area contributed by atoms with Gasteiger partial charge in [-0.05, 0) is 37.5 Å². The minimum atomic E-state index is -3.78. The number of nitrogens with zero attached hydrogens (tertiary/aromatic N) is 3. The number of methoxy groups -OCH3 is 1. The maximum atomic E-state index is 13.3. The lowest BCUT2D eigenvalue weighted by molar-refractivity contribution is -0.125. The van der Waals surface area contributed by atoms with Crippen molar-refractivity contribution in [2.24, 2.45) is 11.3 Å². The molecule has 12 heteroatoms. The Kier molecular flexibility index (Phi) is 7.04. The van der Waals surface area contributed by atoms with E-state index in [0.29, 0.717) is 5.56 Å². The van der Waals surface area contributed by atoms with Gasteiger partial charge in [-0.15, -0.1) is 0 Å². The summed E-state index contributed by atoms with van der Waals surface area (Å²) in [7, 11) is -2.42. The highest BCUT2D eigenvalue weighted by Crippen LogP contribution is 2.42. The van der Waals surface area contributed by atoms with Crippen LogP contribution < -0.4 is 10.1 Å². The first-order chi connectivity index (χ1) is 15.8. The molecular formula is C22H29FN4O6S. The fraction of sp³-hybridized carbons (Fsp3) is 0.500. The highest BCUT2D eigenvalue weighted by atomic mass is 32.2. The van der Waals surface area contributed by atoms with Gasteiger partial charge in [0.1, 0.15) is 11.5 Å². The number of carbonyl (C=O) groups excluding carboxylic acids is 2. The number of aliphatic hydroxyl groups is 1. The Bertz CT molecular complexity index is 1190. The van der Waals surface area contributed by atoms with Gasteiger partial charge in [-0.1, -0.05) is 19.1 Å². The van der Waals surface area contributed by atoms with E-state index in [1.165, 1.54) is 19.2 Å². The normalized spacial score (nSPS) is 18.9. The van der Waals surface area contributed by atoms with E-state index in [-0.39, 0.29) is 30.4 Å². The van der Waals surface area contributed by atoms with Gasteiger partial charge in [0.05, 0.1) is 31.3 Å². The number of nitrogens with one attached hydrogen (secondary N) is 1. The average molecular weight is 497 g/mol. The van der Waals surface area contributed by atoms with E-state index in [1.54, 1.807) is 32.9 Å². The van der Waals surface area contributed by atoms with Gasteiger partial charge in [-0.25, -0.2) is 17.1 Å².